The van der Waals surface area contributed by atoms with E-state index in [0.717, 1.165) is 47.6 Å². The summed E-state index contributed by atoms with van der Waals surface area (Å²) in [7, 11) is 0. The smallest absolute Gasteiger partial charge is 0.254 e. The maximum absolute atomic E-state index is 13.8. The molecule has 5 rings (SSSR count). The third-order valence-corrected chi connectivity index (χ3v) is 7.34. The number of carbonyl (C=O) groups is 1. The fourth-order valence-corrected chi connectivity index (χ4v) is 5.53. The zero-order chi connectivity index (χ0) is 23.8. The van der Waals surface area contributed by atoms with Gasteiger partial charge in [0.15, 0.2) is 5.65 Å². The lowest BCUT2D eigenvalue weighted by Gasteiger charge is -2.34. The Morgan fingerprint density at radius 2 is 1.91 bits per heavy atom. The minimum Gasteiger partial charge on any atom is -0.336 e. The van der Waals surface area contributed by atoms with E-state index in [2.05, 4.69) is 48.7 Å². The van der Waals surface area contributed by atoms with Gasteiger partial charge >= 0.3 is 0 Å². The van der Waals surface area contributed by atoms with Crippen molar-refractivity contribution >= 4 is 28.3 Å². The number of amides is 1. The Morgan fingerprint density at radius 3 is 2.56 bits per heavy atom. The van der Waals surface area contributed by atoms with Crippen molar-refractivity contribution in [3.63, 3.8) is 0 Å². The molecule has 0 spiro atoms. The lowest BCUT2D eigenvalue weighted by Crippen LogP contribution is -2.48. The highest BCUT2D eigenvalue weighted by molar-refractivity contribution is 7.12. The zero-order valence-corrected chi connectivity index (χ0v) is 21.0. The highest BCUT2D eigenvalue weighted by Crippen LogP contribution is 2.33. The van der Waals surface area contributed by atoms with E-state index < -0.39 is 0 Å². The molecule has 0 bridgehead atoms. The van der Waals surface area contributed by atoms with Crippen molar-refractivity contribution in [2.24, 2.45) is 0 Å². The van der Waals surface area contributed by atoms with Crippen LogP contribution in [0.3, 0.4) is 0 Å². The number of thiophene rings is 1. The molecule has 5 heterocycles. The van der Waals surface area contributed by atoms with Gasteiger partial charge in [-0.05, 0) is 52.0 Å². The Bertz CT molecular complexity index is 1320. The van der Waals surface area contributed by atoms with E-state index in [1.807, 2.05) is 40.0 Å². The largest absolute Gasteiger partial charge is 0.336 e. The van der Waals surface area contributed by atoms with Crippen molar-refractivity contribution in [3.05, 3.63) is 63.7 Å². The molecule has 0 atom stereocenters. The molecule has 0 unspecified atom stereocenters. The normalized spacial score (nSPS) is 14.9. The van der Waals surface area contributed by atoms with Gasteiger partial charge < -0.3 is 4.90 Å². The number of rotatable bonds is 5. The second-order valence-corrected chi connectivity index (χ2v) is 10.7. The third-order valence-electron chi connectivity index (χ3n) is 6.37. The Hall–Kier alpha value is -3.10. The molecule has 0 saturated carbocycles. The molecular weight excluding hydrogens is 444 g/mol. The first-order valence-corrected chi connectivity index (χ1v) is 12.6. The highest BCUT2D eigenvalue weighted by atomic mass is 32.1. The van der Waals surface area contributed by atoms with Crippen LogP contribution in [0, 0.1) is 13.8 Å². The molecule has 4 aromatic heterocycles. The predicted octanol–water partition coefficient (Wildman–Crippen LogP) is 4.71. The predicted molar refractivity (Wildman–Crippen MR) is 136 cm³/mol. The van der Waals surface area contributed by atoms with Crippen LogP contribution < -0.4 is 0 Å². The molecule has 1 fully saturated rings. The molecule has 1 saturated heterocycles. The molecule has 0 N–H and O–H groups in total. The maximum Gasteiger partial charge on any atom is 0.254 e. The van der Waals surface area contributed by atoms with Crippen LogP contribution in [0.5, 0.6) is 0 Å². The molecule has 34 heavy (non-hydrogen) atoms. The summed E-state index contributed by atoms with van der Waals surface area (Å²) in [4.78, 5) is 29.9. The molecule has 0 aliphatic carbocycles. The van der Waals surface area contributed by atoms with Gasteiger partial charge in [0.25, 0.3) is 5.91 Å². The van der Waals surface area contributed by atoms with Gasteiger partial charge in [0.05, 0.1) is 28.5 Å². The molecule has 1 amide bonds. The van der Waals surface area contributed by atoms with E-state index in [1.54, 1.807) is 17.5 Å². The van der Waals surface area contributed by atoms with Crippen LogP contribution in [0.2, 0.25) is 0 Å². The summed E-state index contributed by atoms with van der Waals surface area (Å²) >= 11 is 1.76. The Labute approximate surface area is 204 Å². The number of hydrogen-bond acceptors (Lipinski definition) is 6. The van der Waals surface area contributed by atoms with Gasteiger partial charge in [0.2, 0.25) is 0 Å². The lowest BCUT2D eigenvalue weighted by atomic mass is 10.1. The van der Waals surface area contributed by atoms with Gasteiger partial charge in [-0.1, -0.05) is 6.07 Å². The van der Waals surface area contributed by atoms with Crippen molar-refractivity contribution in [1.29, 1.82) is 0 Å². The first kappa shape index (κ1) is 22.7. The van der Waals surface area contributed by atoms with E-state index in [1.165, 1.54) is 9.75 Å². The van der Waals surface area contributed by atoms with Crippen LogP contribution >= 0.6 is 11.3 Å². The highest BCUT2D eigenvalue weighted by Gasteiger charge is 2.26. The monoisotopic (exact) mass is 474 g/mol. The molecule has 1 aliphatic heterocycles. The fraction of sp³-hybridized carbons (Fsp3) is 0.385. The van der Waals surface area contributed by atoms with E-state index in [9.17, 15) is 4.79 Å². The van der Waals surface area contributed by atoms with Gasteiger partial charge in [-0.15, -0.1) is 11.3 Å². The van der Waals surface area contributed by atoms with Gasteiger partial charge in [-0.2, -0.15) is 5.10 Å². The standard InChI is InChI=1S/C26H30N6OS/c1-17(2)32-25-23(15-28-32)22(14-24(29-25)21-13-18(3)34-19(21)4)26(33)31-11-9-30(10-12-31)16-20-7-5-6-8-27-20/h5-8,13-15,17H,9-12,16H2,1-4H3. The van der Waals surface area contributed by atoms with Gasteiger partial charge in [0.1, 0.15) is 0 Å². The van der Waals surface area contributed by atoms with E-state index in [0.29, 0.717) is 18.7 Å². The van der Waals surface area contributed by atoms with Gasteiger partial charge in [-0.3, -0.25) is 14.7 Å². The number of pyridine rings is 2. The summed E-state index contributed by atoms with van der Waals surface area (Å²) in [5.74, 6) is 0.0547. The first-order chi connectivity index (χ1) is 16.4. The van der Waals surface area contributed by atoms with E-state index in [-0.39, 0.29) is 11.9 Å². The summed E-state index contributed by atoms with van der Waals surface area (Å²) in [6.45, 7) is 12.3. The summed E-state index contributed by atoms with van der Waals surface area (Å²) in [5, 5.41) is 5.40. The van der Waals surface area contributed by atoms with Gasteiger partial charge in [0, 0.05) is 60.3 Å². The molecule has 0 aromatic carbocycles. The molecule has 176 valence electrons. The van der Waals surface area contributed by atoms with Crippen LogP contribution in [-0.4, -0.2) is 61.6 Å². The number of hydrogen-bond donors (Lipinski definition) is 0. The maximum atomic E-state index is 13.8. The third kappa shape index (κ3) is 4.35. The van der Waals surface area contributed by atoms with Crippen molar-refractivity contribution < 1.29 is 4.79 Å². The number of fused-ring (bicyclic) bond motifs is 1. The van der Waals surface area contributed by atoms with Crippen LogP contribution in [0.15, 0.2) is 42.7 Å². The summed E-state index contributed by atoms with van der Waals surface area (Å²) in [5.41, 5.74) is 4.45. The fourth-order valence-electron chi connectivity index (χ4n) is 4.60. The van der Waals surface area contributed by atoms with Gasteiger partial charge in [-0.25, -0.2) is 9.67 Å². The van der Waals surface area contributed by atoms with E-state index in [4.69, 9.17) is 4.98 Å². The van der Waals surface area contributed by atoms with Crippen LogP contribution in [0.1, 0.15) is 45.7 Å². The van der Waals surface area contributed by atoms with Crippen LogP contribution in [0.4, 0.5) is 0 Å². The van der Waals surface area contributed by atoms with Crippen LogP contribution in [-0.2, 0) is 6.54 Å². The molecule has 7 nitrogen and oxygen atoms in total. The first-order valence-electron chi connectivity index (χ1n) is 11.8. The SMILES string of the molecule is Cc1cc(-c2cc(C(=O)N3CCN(Cc4ccccn4)CC3)c3cnn(C(C)C)c3n2)c(C)s1. The Morgan fingerprint density at radius 1 is 1.12 bits per heavy atom. The van der Waals surface area contributed by atoms with Crippen molar-refractivity contribution in [2.45, 2.75) is 40.3 Å². The molecule has 4 aromatic rings. The Balaban J connectivity index is 1.44. The summed E-state index contributed by atoms with van der Waals surface area (Å²) < 4.78 is 1.91. The molecule has 1 aliphatic rings. The second kappa shape index (κ2) is 9.27. The minimum absolute atomic E-state index is 0.0547. The molecule has 8 heteroatoms. The number of nitrogens with zero attached hydrogens (tertiary/aromatic N) is 6. The average molecular weight is 475 g/mol. The molecule has 0 radical (unpaired) electrons. The second-order valence-electron chi connectivity index (χ2n) is 9.19. The van der Waals surface area contributed by atoms with E-state index >= 15 is 0 Å². The zero-order valence-electron chi connectivity index (χ0n) is 20.2. The number of piperazine rings is 1. The number of carbonyl (C=O) groups excluding carboxylic acids is 1. The quantitative estimate of drug-likeness (QED) is 0.419. The summed E-state index contributed by atoms with van der Waals surface area (Å²) in [6, 6.07) is 10.3. The number of aromatic nitrogens is 4. The van der Waals surface area contributed by atoms with Crippen molar-refractivity contribution in [2.75, 3.05) is 26.2 Å². The van der Waals surface area contributed by atoms with Crippen molar-refractivity contribution in [1.82, 2.24) is 29.5 Å². The lowest BCUT2D eigenvalue weighted by molar-refractivity contribution is 0.0629. The minimum atomic E-state index is 0.0547. The average Bonchev–Trinajstić information content (AvgIpc) is 3.41. The summed E-state index contributed by atoms with van der Waals surface area (Å²) in [6.07, 6.45) is 3.62. The van der Waals surface area contributed by atoms with Crippen LogP contribution in [0.25, 0.3) is 22.3 Å². The number of aryl methyl sites for hydroxylation is 2. The Kier molecular flexibility index (Phi) is 6.18. The molecular formula is C26H30N6OS. The van der Waals surface area contributed by atoms with Crippen molar-refractivity contribution in [3.8, 4) is 11.3 Å². The topological polar surface area (TPSA) is 67.2 Å².